The molecule has 3 rings (SSSR count). The van der Waals surface area contributed by atoms with Gasteiger partial charge in [0.25, 0.3) is 0 Å². The highest BCUT2D eigenvalue weighted by Gasteiger charge is 2.38. The molecular weight excluding hydrogens is 324 g/mol. The topological polar surface area (TPSA) is 49.4 Å². The number of amides is 2. The molecule has 0 aromatic heterocycles. The van der Waals surface area contributed by atoms with Crippen LogP contribution < -0.4 is 10.2 Å². The van der Waals surface area contributed by atoms with Crippen LogP contribution in [0.2, 0.25) is 5.02 Å². The second-order valence-corrected chi connectivity index (χ2v) is 6.56. The van der Waals surface area contributed by atoms with Crippen molar-refractivity contribution < 1.29 is 9.59 Å². The summed E-state index contributed by atoms with van der Waals surface area (Å²) in [5.41, 5.74) is 3.51. The molecule has 0 radical (unpaired) electrons. The molecule has 2 amide bonds. The van der Waals surface area contributed by atoms with Crippen molar-refractivity contribution in [2.24, 2.45) is 5.92 Å². The summed E-state index contributed by atoms with van der Waals surface area (Å²) in [7, 11) is 0. The molecule has 1 fully saturated rings. The molecule has 0 spiro atoms. The Morgan fingerprint density at radius 1 is 1.21 bits per heavy atom. The minimum atomic E-state index is -0.663. The van der Waals surface area contributed by atoms with Gasteiger partial charge >= 0.3 is 0 Å². The van der Waals surface area contributed by atoms with Gasteiger partial charge in [0, 0.05) is 22.9 Å². The van der Waals surface area contributed by atoms with Crippen LogP contribution in [0.5, 0.6) is 0 Å². The fourth-order valence-electron chi connectivity index (χ4n) is 2.99. The average Bonchev–Trinajstić information content (AvgIpc) is 2.91. The van der Waals surface area contributed by atoms with Crippen LogP contribution in [0.4, 0.5) is 11.4 Å². The van der Waals surface area contributed by atoms with E-state index in [1.54, 1.807) is 17.0 Å². The maximum Gasteiger partial charge on any atom is 0.239 e. The van der Waals surface area contributed by atoms with Crippen molar-refractivity contribution in [2.45, 2.75) is 20.3 Å². The summed E-state index contributed by atoms with van der Waals surface area (Å²) in [5, 5.41) is 3.42. The van der Waals surface area contributed by atoms with Gasteiger partial charge in [0.15, 0.2) is 0 Å². The summed E-state index contributed by atoms with van der Waals surface area (Å²) in [5.74, 6) is -1.10. The van der Waals surface area contributed by atoms with E-state index in [0.29, 0.717) is 23.7 Å². The van der Waals surface area contributed by atoms with Crippen molar-refractivity contribution >= 4 is 34.8 Å². The Kier molecular flexibility index (Phi) is 4.58. The van der Waals surface area contributed by atoms with Crippen LogP contribution in [-0.4, -0.2) is 18.4 Å². The third kappa shape index (κ3) is 3.29. The van der Waals surface area contributed by atoms with Crippen molar-refractivity contribution in [3.63, 3.8) is 0 Å². The first-order chi connectivity index (χ1) is 11.5. The first-order valence-electron chi connectivity index (χ1n) is 7.91. The molecule has 1 N–H and O–H groups in total. The molecule has 0 bridgehead atoms. The summed E-state index contributed by atoms with van der Waals surface area (Å²) in [6.07, 6.45) is 0.502. The third-order valence-corrected chi connectivity index (χ3v) is 4.50. The van der Waals surface area contributed by atoms with E-state index in [2.05, 4.69) is 5.32 Å². The van der Waals surface area contributed by atoms with Gasteiger partial charge in [-0.05, 0) is 55.7 Å². The number of anilines is 2. The maximum atomic E-state index is 12.7. The second kappa shape index (κ2) is 6.65. The fourth-order valence-corrected chi connectivity index (χ4v) is 3.15. The van der Waals surface area contributed by atoms with Gasteiger partial charge in [-0.25, -0.2) is 0 Å². The Hall–Kier alpha value is -2.33. The first-order valence-corrected chi connectivity index (χ1v) is 8.28. The highest BCUT2D eigenvalue weighted by atomic mass is 35.5. The van der Waals surface area contributed by atoms with Crippen LogP contribution in [0.1, 0.15) is 17.5 Å². The van der Waals surface area contributed by atoms with E-state index < -0.39 is 5.92 Å². The Morgan fingerprint density at radius 3 is 2.75 bits per heavy atom. The summed E-state index contributed by atoms with van der Waals surface area (Å²) in [6.45, 7) is 4.41. The van der Waals surface area contributed by atoms with E-state index in [9.17, 15) is 9.59 Å². The summed E-state index contributed by atoms with van der Waals surface area (Å²) < 4.78 is 0. The van der Waals surface area contributed by atoms with Crippen molar-refractivity contribution in [1.29, 1.82) is 0 Å². The van der Waals surface area contributed by atoms with Crippen LogP contribution in [0.3, 0.4) is 0 Å². The molecule has 1 aliphatic rings. The van der Waals surface area contributed by atoms with E-state index in [1.165, 1.54) is 0 Å². The molecule has 2 aromatic carbocycles. The highest BCUT2D eigenvalue weighted by molar-refractivity contribution is 6.31. The van der Waals surface area contributed by atoms with Crippen LogP contribution >= 0.6 is 11.6 Å². The molecule has 5 heteroatoms. The highest BCUT2D eigenvalue weighted by Crippen LogP contribution is 2.30. The lowest BCUT2D eigenvalue weighted by Crippen LogP contribution is -2.33. The molecule has 1 aliphatic heterocycles. The summed E-state index contributed by atoms with van der Waals surface area (Å²) >= 11 is 6.05. The molecule has 2 aromatic rings. The average molecular weight is 343 g/mol. The third-order valence-electron chi connectivity index (χ3n) is 4.27. The monoisotopic (exact) mass is 342 g/mol. The number of carbonyl (C=O) groups is 2. The summed E-state index contributed by atoms with van der Waals surface area (Å²) in [4.78, 5) is 26.8. The van der Waals surface area contributed by atoms with Gasteiger partial charge in [-0.1, -0.05) is 29.8 Å². The van der Waals surface area contributed by atoms with Gasteiger partial charge in [0.1, 0.15) is 5.92 Å². The van der Waals surface area contributed by atoms with E-state index >= 15 is 0 Å². The van der Waals surface area contributed by atoms with Gasteiger partial charge in [-0.15, -0.1) is 0 Å². The number of hydrogen-bond acceptors (Lipinski definition) is 2. The Labute approximate surface area is 146 Å². The lowest BCUT2D eigenvalue weighted by atomic mass is 10.1. The zero-order chi connectivity index (χ0) is 17.3. The molecule has 0 aliphatic carbocycles. The standard InChI is InChI=1S/C19H19ClN2O2/c1-12-4-3-5-15(10-12)21-18(23)16-8-9-22(19(16)24)17-11-14(20)7-6-13(17)2/h3-7,10-11,16H,8-9H2,1-2H3,(H,21,23)/t16-/m1/s1. The number of rotatable bonds is 3. The lowest BCUT2D eigenvalue weighted by Gasteiger charge is -2.19. The minimum Gasteiger partial charge on any atom is -0.325 e. The van der Waals surface area contributed by atoms with Crippen molar-refractivity contribution in [2.75, 3.05) is 16.8 Å². The number of benzene rings is 2. The van der Waals surface area contributed by atoms with E-state index in [4.69, 9.17) is 11.6 Å². The number of carbonyl (C=O) groups excluding carboxylic acids is 2. The number of aryl methyl sites for hydroxylation is 2. The minimum absolute atomic E-state index is 0.175. The zero-order valence-electron chi connectivity index (χ0n) is 13.7. The molecule has 0 unspecified atom stereocenters. The fraction of sp³-hybridized carbons (Fsp3) is 0.263. The quantitative estimate of drug-likeness (QED) is 0.859. The van der Waals surface area contributed by atoms with Crippen LogP contribution in [0.25, 0.3) is 0 Å². The Bertz CT molecular complexity index is 804. The molecule has 1 atom stereocenters. The smallest absolute Gasteiger partial charge is 0.239 e. The SMILES string of the molecule is Cc1cccc(NC(=O)[C@H]2CCN(c3cc(Cl)ccc3C)C2=O)c1. The largest absolute Gasteiger partial charge is 0.325 e. The molecule has 24 heavy (non-hydrogen) atoms. The molecule has 1 heterocycles. The van der Waals surface area contributed by atoms with E-state index in [1.807, 2.05) is 44.2 Å². The Morgan fingerprint density at radius 2 is 2.00 bits per heavy atom. The normalized spacial score (nSPS) is 17.2. The molecule has 0 saturated carbocycles. The number of halogens is 1. The number of nitrogens with one attached hydrogen (secondary N) is 1. The van der Waals surface area contributed by atoms with Crippen LogP contribution in [0, 0.1) is 19.8 Å². The van der Waals surface area contributed by atoms with Gasteiger partial charge in [-0.2, -0.15) is 0 Å². The molecule has 4 nitrogen and oxygen atoms in total. The maximum absolute atomic E-state index is 12.7. The van der Waals surface area contributed by atoms with Crippen LogP contribution in [0.15, 0.2) is 42.5 Å². The predicted octanol–water partition coefficient (Wildman–Crippen LogP) is 3.95. The predicted molar refractivity (Wildman–Crippen MR) is 96.5 cm³/mol. The number of hydrogen-bond donors (Lipinski definition) is 1. The zero-order valence-corrected chi connectivity index (χ0v) is 14.4. The van der Waals surface area contributed by atoms with Gasteiger partial charge < -0.3 is 10.2 Å². The van der Waals surface area contributed by atoms with Crippen molar-refractivity contribution in [3.05, 3.63) is 58.6 Å². The van der Waals surface area contributed by atoms with Crippen molar-refractivity contribution in [1.82, 2.24) is 0 Å². The molecular formula is C19H19ClN2O2. The first kappa shape index (κ1) is 16.5. The lowest BCUT2D eigenvalue weighted by molar-refractivity contribution is -0.129. The molecule has 1 saturated heterocycles. The molecule has 124 valence electrons. The number of nitrogens with zero attached hydrogens (tertiary/aromatic N) is 1. The van der Waals surface area contributed by atoms with Crippen LogP contribution in [-0.2, 0) is 9.59 Å². The van der Waals surface area contributed by atoms with Gasteiger partial charge in [0.05, 0.1) is 0 Å². The summed E-state index contributed by atoms with van der Waals surface area (Å²) in [6, 6.07) is 13.0. The van der Waals surface area contributed by atoms with E-state index in [0.717, 1.165) is 16.8 Å². The van der Waals surface area contributed by atoms with Gasteiger partial charge in [0.2, 0.25) is 11.8 Å². The van der Waals surface area contributed by atoms with Crippen molar-refractivity contribution in [3.8, 4) is 0 Å². The second-order valence-electron chi connectivity index (χ2n) is 6.12. The van der Waals surface area contributed by atoms with E-state index in [-0.39, 0.29) is 11.8 Å². The van der Waals surface area contributed by atoms with Gasteiger partial charge in [-0.3, -0.25) is 9.59 Å². The Balaban J connectivity index is 1.76.